The van der Waals surface area contributed by atoms with Gasteiger partial charge in [-0.2, -0.15) is 0 Å². The van der Waals surface area contributed by atoms with E-state index < -0.39 is 0 Å². The molecule has 1 aromatic carbocycles. The SMILES string of the molecule is C=Cc1ccc2c(c1)CN(C=O)C2. The van der Waals surface area contributed by atoms with Crippen LogP contribution < -0.4 is 0 Å². The van der Waals surface area contributed by atoms with E-state index in [9.17, 15) is 4.79 Å². The highest BCUT2D eigenvalue weighted by Gasteiger charge is 2.16. The molecule has 13 heavy (non-hydrogen) atoms. The van der Waals surface area contributed by atoms with Gasteiger partial charge in [0.25, 0.3) is 0 Å². The van der Waals surface area contributed by atoms with Crippen molar-refractivity contribution in [3.05, 3.63) is 41.5 Å². The van der Waals surface area contributed by atoms with Crippen LogP contribution in [-0.4, -0.2) is 11.3 Å². The van der Waals surface area contributed by atoms with E-state index >= 15 is 0 Å². The molecule has 0 unspecified atom stereocenters. The third-order valence-corrected chi connectivity index (χ3v) is 2.36. The Kier molecular flexibility index (Phi) is 1.89. The molecular weight excluding hydrogens is 162 g/mol. The quantitative estimate of drug-likeness (QED) is 0.624. The van der Waals surface area contributed by atoms with Crippen molar-refractivity contribution in [1.82, 2.24) is 4.90 Å². The number of hydrogen-bond donors (Lipinski definition) is 0. The summed E-state index contributed by atoms with van der Waals surface area (Å²) in [5, 5.41) is 0. The monoisotopic (exact) mass is 173 g/mol. The van der Waals surface area contributed by atoms with Gasteiger partial charge in [0, 0.05) is 13.1 Å². The van der Waals surface area contributed by atoms with Crippen molar-refractivity contribution in [1.29, 1.82) is 0 Å². The Balaban J connectivity index is 2.35. The van der Waals surface area contributed by atoms with Gasteiger partial charge < -0.3 is 4.90 Å². The number of hydrogen-bond acceptors (Lipinski definition) is 1. The molecular formula is C11H11NO. The second-order valence-electron chi connectivity index (χ2n) is 3.24. The van der Waals surface area contributed by atoms with E-state index in [4.69, 9.17) is 0 Å². The van der Waals surface area contributed by atoms with Crippen LogP contribution in [0.1, 0.15) is 16.7 Å². The Hall–Kier alpha value is -1.57. The molecule has 66 valence electrons. The molecule has 1 aliphatic heterocycles. The van der Waals surface area contributed by atoms with Crippen LogP contribution in [0.3, 0.4) is 0 Å². The highest BCUT2D eigenvalue weighted by molar-refractivity contribution is 5.54. The van der Waals surface area contributed by atoms with Crippen molar-refractivity contribution < 1.29 is 4.79 Å². The minimum absolute atomic E-state index is 0.737. The van der Waals surface area contributed by atoms with Gasteiger partial charge in [-0.05, 0) is 22.8 Å². The number of nitrogens with zero attached hydrogens (tertiary/aromatic N) is 1. The van der Waals surface area contributed by atoms with E-state index in [0.29, 0.717) is 0 Å². The second-order valence-corrected chi connectivity index (χ2v) is 3.24. The van der Waals surface area contributed by atoms with Gasteiger partial charge >= 0.3 is 0 Å². The first-order valence-electron chi connectivity index (χ1n) is 4.27. The maximum absolute atomic E-state index is 10.5. The zero-order valence-electron chi connectivity index (χ0n) is 7.36. The third kappa shape index (κ3) is 1.35. The predicted molar refractivity (Wildman–Crippen MR) is 51.8 cm³/mol. The summed E-state index contributed by atoms with van der Waals surface area (Å²) >= 11 is 0. The first-order chi connectivity index (χ1) is 6.33. The minimum atomic E-state index is 0.737. The van der Waals surface area contributed by atoms with E-state index in [1.807, 2.05) is 12.1 Å². The van der Waals surface area contributed by atoms with Crippen LogP contribution in [0.15, 0.2) is 24.8 Å². The van der Waals surface area contributed by atoms with E-state index in [1.54, 1.807) is 4.90 Å². The standard InChI is InChI=1S/C11H11NO/c1-2-9-3-4-10-6-12(8-13)7-11(10)5-9/h2-5,8H,1,6-7H2. The molecule has 1 aromatic rings. The molecule has 0 N–H and O–H groups in total. The number of carbonyl (C=O) groups is 1. The zero-order chi connectivity index (χ0) is 9.26. The highest BCUT2D eigenvalue weighted by atomic mass is 16.1. The predicted octanol–water partition coefficient (Wildman–Crippen LogP) is 1.80. The first kappa shape index (κ1) is 8.05. The summed E-state index contributed by atoms with van der Waals surface area (Å²) in [4.78, 5) is 12.3. The van der Waals surface area contributed by atoms with Crippen LogP contribution >= 0.6 is 0 Å². The molecule has 0 radical (unpaired) electrons. The fourth-order valence-corrected chi connectivity index (χ4v) is 1.64. The van der Waals surface area contributed by atoms with Crippen LogP contribution in [0.25, 0.3) is 6.08 Å². The number of rotatable bonds is 2. The second kappa shape index (κ2) is 3.05. The summed E-state index contributed by atoms with van der Waals surface area (Å²) in [5.41, 5.74) is 3.61. The van der Waals surface area contributed by atoms with Gasteiger partial charge in [0.15, 0.2) is 0 Å². The summed E-state index contributed by atoms with van der Waals surface area (Å²) in [6, 6.07) is 6.18. The molecule has 1 amide bonds. The maximum Gasteiger partial charge on any atom is 0.210 e. The fourth-order valence-electron chi connectivity index (χ4n) is 1.64. The van der Waals surface area contributed by atoms with Crippen molar-refractivity contribution in [2.75, 3.05) is 0 Å². The Bertz CT molecular complexity index is 357. The lowest BCUT2D eigenvalue weighted by Crippen LogP contribution is -2.12. The molecule has 0 atom stereocenters. The lowest BCUT2D eigenvalue weighted by molar-refractivity contribution is -0.118. The van der Waals surface area contributed by atoms with Crippen LogP contribution in [0, 0.1) is 0 Å². The molecule has 0 aliphatic carbocycles. The molecule has 0 spiro atoms. The molecule has 0 saturated heterocycles. The lowest BCUT2D eigenvalue weighted by atomic mass is 10.1. The average Bonchev–Trinajstić information content (AvgIpc) is 2.58. The summed E-state index contributed by atoms with van der Waals surface area (Å²) in [7, 11) is 0. The summed E-state index contributed by atoms with van der Waals surface area (Å²) in [6.07, 6.45) is 2.72. The summed E-state index contributed by atoms with van der Waals surface area (Å²) in [5.74, 6) is 0. The zero-order valence-corrected chi connectivity index (χ0v) is 7.36. The molecule has 2 heteroatoms. The van der Waals surface area contributed by atoms with Crippen LogP contribution in [0.2, 0.25) is 0 Å². The summed E-state index contributed by atoms with van der Waals surface area (Å²) in [6.45, 7) is 5.20. The van der Waals surface area contributed by atoms with E-state index in [-0.39, 0.29) is 0 Å². The van der Waals surface area contributed by atoms with Crippen molar-refractivity contribution in [2.24, 2.45) is 0 Å². The normalized spacial score (nSPS) is 14.0. The third-order valence-electron chi connectivity index (χ3n) is 2.36. The van der Waals surface area contributed by atoms with Crippen LogP contribution in [0.4, 0.5) is 0 Å². The van der Waals surface area contributed by atoms with Crippen LogP contribution in [-0.2, 0) is 17.9 Å². The van der Waals surface area contributed by atoms with E-state index in [0.717, 1.165) is 25.1 Å². The van der Waals surface area contributed by atoms with Gasteiger partial charge in [-0.3, -0.25) is 4.79 Å². The molecule has 0 fully saturated rings. The molecule has 2 nitrogen and oxygen atoms in total. The number of amides is 1. The minimum Gasteiger partial charge on any atom is -0.337 e. The highest BCUT2D eigenvalue weighted by Crippen LogP contribution is 2.22. The fraction of sp³-hybridized carbons (Fsp3) is 0.182. The molecule has 1 aliphatic rings. The molecule has 1 heterocycles. The Labute approximate surface area is 77.5 Å². The molecule has 2 rings (SSSR count). The van der Waals surface area contributed by atoms with Gasteiger partial charge in [0.05, 0.1) is 0 Å². The van der Waals surface area contributed by atoms with E-state index in [1.165, 1.54) is 11.1 Å². The van der Waals surface area contributed by atoms with Gasteiger partial charge in [0.2, 0.25) is 6.41 Å². The molecule has 0 bridgehead atoms. The number of carbonyl (C=O) groups excluding carboxylic acids is 1. The Morgan fingerprint density at radius 1 is 1.31 bits per heavy atom. The maximum atomic E-state index is 10.5. The van der Waals surface area contributed by atoms with Gasteiger partial charge in [-0.25, -0.2) is 0 Å². The van der Waals surface area contributed by atoms with Gasteiger partial charge in [-0.1, -0.05) is 24.8 Å². The summed E-state index contributed by atoms with van der Waals surface area (Å²) < 4.78 is 0. The van der Waals surface area contributed by atoms with Crippen molar-refractivity contribution >= 4 is 12.5 Å². The Morgan fingerprint density at radius 3 is 2.77 bits per heavy atom. The largest absolute Gasteiger partial charge is 0.337 e. The topological polar surface area (TPSA) is 20.3 Å². The average molecular weight is 173 g/mol. The van der Waals surface area contributed by atoms with Gasteiger partial charge in [0.1, 0.15) is 0 Å². The van der Waals surface area contributed by atoms with Gasteiger partial charge in [-0.15, -0.1) is 0 Å². The van der Waals surface area contributed by atoms with Crippen molar-refractivity contribution in [3.63, 3.8) is 0 Å². The molecule has 0 saturated carbocycles. The van der Waals surface area contributed by atoms with Crippen molar-refractivity contribution in [2.45, 2.75) is 13.1 Å². The molecule has 0 aromatic heterocycles. The lowest BCUT2D eigenvalue weighted by Gasteiger charge is -2.04. The Morgan fingerprint density at radius 2 is 2.08 bits per heavy atom. The number of benzene rings is 1. The van der Waals surface area contributed by atoms with Crippen LogP contribution in [0.5, 0.6) is 0 Å². The smallest absolute Gasteiger partial charge is 0.210 e. The van der Waals surface area contributed by atoms with Crippen molar-refractivity contribution in [3.8, 4) is 0 Å². The first-order valence-corrected chi connectivity index (χ1v) is 4.27. The number of fused-ring (bicyclic) bond motifs is 1. The van der Waals surface area contributed by atoms with E-state index in [2.05, 4.69) is 18.7 Å².